The maximum absolute atomic E-state index is 3.66. The van der Waals surface area contributed by atoms with E-state index in [0.717, 1.165) is 12.5 Å². The fourth-order valence-electron chi connectivity index (χ4n) is 2.89. The van der Waals surface area contributed by atoms with Crippen molar-refractivity contribution in [2.75, 3.05) is 26.7 Å². The van der Waals surface area contributed by atoms with E-state index in [4.69, 9.17) is 0 Å². The van der Waals surface area contributed by atoms with E-state index in [9.17, 15) is 0 Å². The Hall–Kier alpha value is -0.860. The highest BCUT2D eigenvalue weighted by molar-refractivity contribution is 5.36. The lowest BCUT2D eigenvalue weighted by molar-refractivity contribution is 0.216. The molecule has 0 aromatic heterocycles. The van der Waals surface area contributed by atoms with Gasteiger partial charge in [0.1, 0.15) is 0 Å². The van der Waals surface area contributed by atoms with Crippen molar-refractivity contribution >= 4 is 0 Å². The van der Waals surface area contributed by atoms with Gasteiger partial charge in [0.05, 0.1) is 0 Å². The van der Waals surface area contributed by atoms with Crippen LogP contribution in [0.2, 0.25) is 0 Å². The molecule has 1 fully saturated rings. The lowest BCUT2D eigenvalue weighted by Gasteiger charge is -2.29. The van der Waals surface area contributed by atoms with Crippen molar-refractivity contribution in [3.05, 3.63) is 34.4 Å². The third kappa shape index (κ3) is 4.05. The second-order valence-corrected chi connectivity index (χ2v) is 6.24. The molecule has 1 aliphatic rings. The summed E-state index contributed by atoms with van der Waals surface area (Å²) in [4.78, 5) is 2.43. The second kappa shape index (κ2) is 6.53. The van der Waals surface area contributed by atoms with E-state index in [0.29, 0.717) is 0 Å². The maximum Gasteiger partial charge on any atom is 0.0208 e. The summed E-state index contributed by atoms with van der Waals surface area (Å²) in [5.74, 6) is 0.864. The zero-order valence-electron chi connectivity index (χ0n) is 12.9. The molecule has 1 aliphatic heterocycles. The zero-order chi connectivity index (χ0) is 13.8. The van der Waals surface area contributed by atoms with Crippen LogP contribution in [0.4, 0.5) is 0 Å². The van der Waals surface area contributed by atoms with E-state index in [2.05, 4.69) is 50.2 Å². The molecule has 0 atom stereocenters. The topological polar surface area (TPSA) is 15.3 Å². The highest BCUT2D eigenvalue weighted by Crippen LogP contribution is 2.17. The molecule has 0 saturated carbocycles. The molecular weight excluding hydrogens is 232 g/mol. The largest absolute Gasteiger partial charge is 0.312 e. The number of hydrogen-bond acceptors (Lipinski definition) is 2. The van der Waals surface area contributed by atoms with Crippen LogP contribution in [-0.2, 0) is 6.54 Å². The van der Waals surface area contributed by atoms with Crippen molar-refractivity contribution in [2.45, 2.75) is 40.2 Å². The minimum Gasteiger partial charge on any atom is -0.312 e. The number of piperidine rings is 1. The highest BCUT2D eigenvalue weighted by atomic mass is 15.1. The van der Waals surface area contributed by atoms with E-state index < -0.39 is 0 Å². The monoisotopic (exact) mass is 260 g/mol. The van der Waals surface area contributed by atoms with Crippen LogP contribution < -0.4 is 5.32 Å². The van der Waals surface area contributed by atoms with Crippen LogP contribution in [0.25, 0.3) is 0 Å². The summed E-state index contributed by atoms with van der Waals surface area (Å²) in [6.07, 6.45) is 2.69. The molecular formula is C17H28N2. The van der Waals surface area contributed by atoms with E-state index in [1.54, 1.807) is 0 Å². The van der Waals surface area contributed by atoms with Gasteiger partial charge in [-0.1, -0.05) is 12.1 Å². The van der Waals surface area contributed by atoms with Crippen LogP contribution in [0.5, 0.6) is 0 Å². The molecule has 0 amide bonds. The van der Waals surface area contributed by atoms with Crippen molar-refractivity contribution in [3.63, 3.8) is 0 Å². The summed E-state index contributed by atoms with van der Waals surface area (Å²) in [6.45, 7) is 11.3. The van der Waals surface area contributed by atoms with Crippen molar-refractivity contribution in [2.24, 2.45) is 5.92 Å². The first-order chi connectivity index (χ1) is 9.06. The zero-order valence-corrected chi connectivity index (χ0v) is 12.9. The SMILES string of the molecule is Cc1cc(C)c(CNCC2CCN(C)CC2)cc1C. The number of nitrogens with one attached hydrogen (secondary N) is 1. The molecule has 2 heteroatoms. The molecule has 0 bridgehead atoms. The second-order valence-electron chi connectivity index (χ2n) is 6.24. The Morgan fingerprint density at radius 1 is 1.05 bits per heavy atom. The van der Waals surface area contributed by atoms with Gasteiger partial charge in [0.25, 0.3) is 0 Å². The molecule has 2 rings (SSSR count). The minimum atomic E-state index is 0.864. The number of nitrogens with zero attached hydrogens (tertiary/aromatic N) is 1. The lowest BCUT2D eigenvalue weighted by atomic mass is 9.96. The van der Waals surface area contributed by atoms with Gasteiger partial charge in [0, 0.05) is 6.54 Å². The predicted octanol–water partition coefficient (Wildman–Crippen LogP) is 3.04. The number of hydrogen-bond donors (Lipinski definition) is 1. The molecule has 19 heavy (non-hydrogen) atoms. The van der Waals surface area contributed by atoms with E-state index in [1.165, 1.54) is 54.7 Å². The lowest BCUT2D eigenvalue weighted by Crippen LogP contribution is -2.34. The van der Waals surface area contributed by atoms with Gasteiger partial charge in [0.2, 0.25) is 0 Å². The molecule has 1 aromatic carbocycles. The van der Waals surface area contributed by atoms with Crippen LogP contribution in [-0.4, -0.2) is 31.6 Å². The van der Waals surface area contributed by atoms with Crippen LogP contribution in [0, 0.1) is 26.7 Å². The number of aryl methyl sites for hydroxylation is 3. The van der Waals surface area contributed by atoms with Gasteiger partial charge in [0.15, 0.2) is 0 Å². The summed E-state index contributed by atoms with van der Waals surface area (Å²) >= 11 is 0. The normalized spacial score (nSPS) is 17.9. The number of likely N-dealkylation sites (tertiary alicyclic amines) is 1. The summed E-state index contributed by atoms with van der Waals surface area (Å²) in [6, 6.07) is 4.65. The first-order valence-corrected chi connectivity index (χ1v) is 7.52. The number of rotatable bonds is 4. The van der Waals surface area contributed by atoms with Crippen molar-refractivity contribution in [1.29, 1.82) is 0 Å². The molecule has 1 N–H and O–H groups in total. The molecule has 2 nitrogen and oxygen atoms in total. The maximum atomic E-state index is 3.66. The third-order valence-electron chi connectivity index (χ3n) is 4.54. The molecule has 0 radical (unpaired) electrons. The Bertz CT molecular complexity index is 418. The highest BCUT2D eigenvalue weighted by Gasteiger charge is 2.15. The van der Waals surface area contributed by atoms with Gasteiger partial charge in [-0.3, -0.25) is 0 Å². The van der Waals surface area contributed by atoms with Gasteiger partial charge in [-0.15, -0.1) is 0 Å². The van der Waals surface area contributed by atoms with E-state index in [1.807, 2.05) is 0 Å². The molecule has 106 valence electrons. The number of benzene rings is 1. The van der Waals surface area contributed by atoms with Crippen molar-refractivity contribution < 1.29 is 0 Å². The van der Waals surface area contributed by atoms with Gasteiger partial charge < -0.3 is 10.2 Å². The van der Waals surface area contributed by atoms with E-state index in [-0.39, 0.29) is 0 Å². The van der Waals surface area contributed by atoms with Gasteiger partial charge in [-0.05, 0) is 88.5 Å². The molecule has 1 aromatic rings. The van der Waals surface area contributed by atoms with Gasteiger partial charge in [-0.2, -0.15) is 0 Å². The Kier molecular flexibility index (Phi) is 5.00. The molecule has 1 heterocycles. The van der Waals surface area contributed by atoms with Crippen LogP contribution >= 0.6 is 0 Å². The molecule has 1 saturated heterocycles. The first kappa shape index (κ1) is 14.5. The Morgan fingerprint density at radius 2 is 1.68 bits per heavy atom. The average Bonchev–Trinajstić information content (AvgIpc) is 2.38. The van der Waals surface area contributed by atoms with Crippen LogP contribution in [0.15, 0.2) is 12.1 Å². The summed E-state index contributed by atoms with van der Waals surface area (Å²) < 4.78 is 0. The molecule has 0 spiro atoms. The third-order valence-corrected chi connectivity index (χ3v) is 4.54. The quantitative estimate of drug-likeness (QED) is 0.895. The Labute approximate surface area is 118 Å². The fourth-order valence-corrected chi connectivity index (χ4v) is 2.89. The van der Waals surface area contributed by atoms with Crippen molar-refractivity contribution in [3.8, 4) is 0 Å². The Morgan fingerprint density at radius 3 is 2.37 bits per heavy atom. The standard InChI is InChI=1S/C17H28N2/c1-13-9-15(3)17(10-14(13)2)12-18-11-16-5-7-19(4)8-6-16/h9-10,16,18H,5-8,11-12H2,1-4H3. The van der Waals surface area contributed by atoms with Crippen molar-refractivity contribution in [1.82, 2.24) is 10.2 Å². The predicted molar refractivity (Wildman–Crippen MR) is 82.6 cm³/mol. The first-order valence-electron chi connectivity index (χ1n) is 7.52. The molecule has 0 unspecified atom stereocenters. The summed E-state index contributed by atoms with van der Waals surface area (Å²) in [7, 11) is 2.22. The summed E-state index contributed by atoms with van der Waals surface area (Å²) in [5.41, 5.74) is 5.67. The molecule has 0 aliphatic carbocycles. The Balaban J connectivity index is 1.81. The average molecular weight is 260 g/mol. The minimum absolute atomic E-state index is 0.864. The van der Waals surface area contributed by atoms with Crippen LogP contribution in [0.1, 0.15) is 35.1 Å². The van der Waals surface area contributed by atoms with Crippen LogP contribution in [0.3, 0.4) is 0 Å². The van der Waals surface area contributed by atoms with Gasteiger partial charge in [-0.25, -0.2) is 0 Å². The summed E-state index contributed by atoms with van der Waals surface area (Å²) in [5, 5.41) is 3.66. The fraction of sp³-hybridized carbons (Fsp3) is 0.647. The smallest absolute Gasteiger partial charge is 0.0208 e. The van der Waals surface area contributed by atoms with E-state index >= 15 is 0 Å². The van der Waals surface area contributed by atoms with Gasteiger partial charge >= 0.3 is 0 Å².